The highest BCUT2D eigenvalue weighted by Gasteiger charge is 2.47. The SMILES string of the molecule is CCCCC/C=C\C/C=C\CCCCCCCCCCCCCC(=O)OC1C(OCC(NC(=O)C(O)CCCCCCCCCCCC)C(O)/C=C/CCCCCCCCCCCC)OC(CO)C(O)C1O. The fourth-order valence-electron chi connectivity index (χ4n) is 9.45. The second-order valence-electron chi connectivity index (χ2n) is 21.1. The number of carbonyl (C=O) groups excluding carboxylic acids is 2. The molecule has 1 fully saturated rings. The van der Waals surface area contributed by atoms with E-state index in [4.69, 9.17) is 14.2 Å². The van der Waals surface area contributed by atoms with Crippen LogP contribution in [-0.4, -0.2) is 99.6 Å². The molecule has 1 aliphatic heterocycles. The van der Waals surface area contributed by atoms with E-state index in [0.717, 1.165) is 64.2 Å². The van der Waals surface area contributed by atoms with E-state index in [9.17, 15) is 35.1 Å². The van der Waals surface area contributed by atoms with Crippen molar-refractivity contribution in [2.24, 2.45) is 0 Å². The molecule has 0 saturated carbocycles. The van der Waals surface area contributed by atoms with E-state index in [2.05, 4.69) is 50.4 Å². The molecule has 8 atom stereocenters. The van der Waals surface area contributed by atoms with Gasteiger partial charge in [0.25, 0.3) is 0 Å². The Morgan fingerprint density at radius 1 is 0.542 bits per heavy atom. The van der Waals surface area contributed by atoms with Crippen molar-refractivity contribution in [3.8, 4) is 0 Å². The van der Waals surface area contributed by atoms with Crippen LogP contribution in [0.3, 0.4) is 0 Å². The molecule has 0 aliphatic carbocycles. The minimum Gasteiger partial charge on any atom is -0.454 e. The largest absolute Gasteiger partial charge is 0.454 e. The number of hydrogen-bond acceptors (Lipinski definition) is 10. The van der Waals surface area contributed by atoms with Crippen molar-refractivity contribution in [2.45, 2.75) is 327 Å². The molecule has 8 unspecified atom stereocenters. The quantitative estimate of drug-likeness (QED) is 0.0195. The van der Waals surface area contributed by atoms with E-state index in [-0.39, 0.29) is 13.0 Å². The molecule has 0 aromatic heterocycles. The Hall–Kier alpha value is -2.12. The first-order chi connectivity index (χ1) is 35.2. The highest BCUT2D eigenvalue weighted by Crippen LogP contribution is 2.26. The summed E-state index contributed by atoms with van der Waals surface area (Å²) in [7, 11) is 0. The van der Waals surface area contributed by atoms with Crippen LogP contribution in [0.2, 0.25) is 0 Å². The Kier molecular flexibility index (Phi) is 46.9. The molecule has 11 heteroatoms. The fraction of sp³-hybridized carbons (Fsp3) is 0.869. The number of amides is 1. The Morgan fingerprint density at radius 3 is 1.44 bits per heavy atom. The minimum absolute atomic E-state index is 0.124. The topological polar surface area (TPSA) is 175 Å². The van der Waals surface area contributed by atoms with Crippen LogP contribution < -0.4 is 5.32 Å². The molecule has 6 N–H and O–H groups in total. The van der Waals surface area contributed by atoms with Crippen molar-refractivity contribution in [2.75, 3.05) is 13.2 Å². The van der Waals surface area contributed by atoms with Crippen LogP contribution in [0.25, 0.3) is 0 Å². The number of nitrogens with one attached hydrogen (secondary N) is 1. The second-order valence-corrected chi connectivity index (χ2v) is 21.1. The molecule has 1 rings (SSSR count). The zero-order valence-corrected chi connectivity index (χ0v) is 46.6. The van der Waals surface area contributed by atoms with E-state index >= 15 is 0 Å². The molecule has 0 bridgehead atoms. The van der Waals surface area contributed by atoms with Crippen LogP contribution in [0.15, 0.2) is 36.5 Å². The molecule has 1 aliphatic rings. The molecular weight excluding hydrogens is 907 g/mol. The molecule has 0 spiro atoms. The van der Waals surface area contributed by atoms with Gasteiger partial charge in [0.1, 0.15) is 24.4 Å². The summed E-state index contributed by atoms with van der Waals surface area (Å²) in [6.45, 7) is 5.75. The summed E-state index contributed by atoms with van der Waals surface area (Å²) in [5.41, 5.74) is 0. The Morgan fingerprint density at radius 2 is 0.958 bits per heavy atom. The van der Waals surface area contributed by atoms with Gasteiger partial charge in [-0.3, -0.25) is 9.59 Å². The van der Waals surface area contributed by atoms with E-state index in [1.807, 2.05) is 6.08 Å². The molecule has 72 heavy (non-hydrogen) atoms. The summed E-state index contributed by atoms with van der Waals surface area (Å²) in [6, 6.07) is -1.02. The lowest BCUT2D eigenvalue weighted by atomic mass is 9.99. The summed E-state index contributed by atoms with van der Waals surface area (Å²) < 4.78 is 17.6. The van der Waals surface area contributed by atoms with Crippen LogP contribution in [0.1, 0.15) is 278 Å². The maximum atomic E-state index is 13.3. The van der Waals surface area contributed by atoms with Crippen LogP contribution in [-0.2, 0) is 23.8 Å². The van der Waals surface area contributed by atoms with Gasteiger partial charge in [-0.1, -0.05) is 250 Å². The zero-order valence-electron chi connectivity index (χ0n) is 46.6. The van der Waals surface area contributed by atoms with Gasteiger partial charge < -0.3 is 45.1 Å². The maximum Gasteiger partial charge on any atom is 0.306 e. The second kappa shape index (κ2) is 49.7. The van der Waals surface area contributed by atoms with Crippen molar-refractivity contribution in [3.05, 3.63) is 36.5 Å². The van der Waals surface area contributed by atoms with Gasteiger partial charge in [-0.2, -0.15) is 0 Å². The first-order valence-corrected chi connectivity index (χ1v) is 30.3. The van der Waals surface area contributed by atoms with Gasteiger partial charge in [0.15, 0.2) is 12.4 Å². The van der Waals surface area contributed by atoms with Crippen LogP contribution in [0, 0.1) is 0 Å². The van der Waals surface area contributed by atoms with Gasteiger partial charge in [-0.15, -0.1) is 0 Å². The van der Waals surface area contributed by atoms with Gasteiger partial charge in [-0.05, 0) is 57.8 Å². The van der Waals surface area contributed by atoms with Crippen LogP contribution >= 0.6 is 0 Å². The lowest BCUT2D eigenvalue weighted by Crippen LogP contribution is -2.61. The van der Waals surface area contributed by atoms with E-state index in [1.165, 1.54) is 167 Å². The van der Waals surface area contributed by atoms with Crippen molar-refractivity contribution in [1.82, 2.24) is 5.32 Å². The highest BCUT2D eigenvalue weighted by atomic mass is 16.7. The normalized spacial score (nSPS) is 19.7. The van der Waals surface area contributed by atoms with Crippen molar-refractivity contribution in [1.29, 1.82) is 0 Å². The third-order valence-corrected chi connectivity index (χ3v) is 14.3. The average molecular weight is 1020 g/mol. The molecule has 1 heterocycles. The molecular formula is C61H113NO10. The monoisotopic (exact) mass is 1020 g/mol. The van der Waals surface area contributed by atoms with Crippen molar-refractivity contribution >= 4 is 11.9 Å². The van der Waals surface area contributed by atoms with Gasteiger partial charge in [0.05, 0.1) is 25.4 Å². The third-order valence-electron chi connectivity index (χ3n) is 14.3. The zero-order chi connectivity index (χ0) is 52.5. The lowest BCUT2D eigenvalue weighted by Gasteiger charge is -2.41. The number of esters is 1. The lowest BCUT2D eigenvalue weighted by molar-refractivity contribution is -0.305. The number of carbonyl (C=O) groups is 2. The molecule has 0 aromatic rings. The van der Waals surface area contributed by atoms with Crippen LogP contribution in [0.4, 0.5) is 0 Å². The van der Waals surface area contributed by atoms with Gasteiger partial charge in [0, 0.05) is 6.42 Å². The predicted octanol–water partition coefficient (Wildman–Crippen LogP) is 13.9. The number of aliphatic hydroxyl groups is 5. The third kappa shape index (κ3) is 37.6. The van der Waals surface area contributed by atoms with E-state index in [0.29, 0.717) is 19.3 Å². The standard InChI is InChI=1S/C61H113NO10/c1-4-7-10-13-16-19-22-24-25-26-27-28-29-30-31-32-34-37-40-43-46-49-56(66)72-59-58(68)57(67)55(50-63)71-61(59)70-51-52(53(64)47-44-41-38-36-33-23-20-17-14-11-8-5-2)62-60(69)54(65)48-45-42-39-35-21-18-15-12-9-6-3/h16,19,24-25,44,47,52-55,57-59,61,63-65,67-68H,4-15,17-18,20-23,26-43,45-46,48-51H2,1-3H3,(H,62,69)/b19-16-,25-24-,47-44+. The number of allylic oxidation sites excluding steroid dienone is 5. The van der Waals surface area contributed by atoms with E-state index in [1.54, 1.807) is 6.08 Å². The van der Waals surface area contributed by atoms with Gasteiger partial charge in [-0.25, -0.2) is 0 Å². The van der Waals surface area contributed by atoms with Crippen molar-refractivity contribution < 1.29 is 49.3 Å². The van der Waals surface area contributed by atoms with E-state index < -0.39 is 67.4 Å². The highest BCUT2D eigenvalue weighted by molar-refractivity contribution is 5.80. The molecule has 0 aromatic carbocycles. The number of rotatable bonds is 51. The summed E-state index contributed by atoms with van der Waals surface area (Å²) in [5, 5.41) is 56.8. The Labute approximate surface area is 441 Å². The first kappa shape index (κ1) is 67.9. The molecule has 0 radical (unpaired) electrons. The number of unbranched alkanes of at least 4 members (excludes halogenated alkanes) is 33. The summed E-state index contributed by atoms with van der Waals surface area (Å²) in [4.78, 5) is 26.4. The Balaban J connectivity index is 2.63. The first-order valence-electron chi connectivity index (χ1n) is 30.3. The predicted molar refractivity (Wildman–Crippen MR) is 297 cm³/mol. The van der Waals surface area contributed by atoms with Gasteiger partial charge in [0.2, 0.25) is 5.91 Å². The summed E-state index contributed by atoms with van der Waals surface area (Å²) in [6.07, 6.45) is 47.6. The summed E-state index contributed by atoms with van der Waals surface area (Å²) >= 11 is 0. The average Bonchev–Trinajstić information content (AvgIpc) is 3.38. The molecule has 1 amide bonds. The number of aliphatic hydroxyl groups excluding tert-OH is 5. The van der Waals surface area contributed by atoms with Gasteiger partial charge >= 0.3 is 5.97 Å². The molecule has 1 saturated heterocycles. The maximum absolute atomic E-state index is 13.3. The smallest absolute Gasteiger partial charge is 0.306 e. The number of ether oxygens (including phenoxy) is 3. The minimum atomic E-state index is -1.61. The summed E-state index contributed by atoms with van der Waals surface area (Å²) in [5.74, 6) is -1.19. The van der Waals surface area contributed by atoms with Crippen LogP contribution in [0.5, 0.6) is 0 Å². The molecule has 11 nitrogen and oxygen atoms in total. The Bertz CT molecular complexity index is 1310. The van der Waals surface area contributed by atoms with Crippen molar-refractivity contribution in [3.63, 3.8) is 0 Å². The number of hydrogen-bond donors (Lipinski definition) is 6. The molecule has 422 valence electrons. The fourth-order valence-corrected chi connectivity index (χ4v) is 9.45.